The van der Waals surface area contributed by atoms with Gasteiger partial charge in [-0.05, 0) is 54.6 Å². The first-order valence-corrected chi connectivity index (χ1v) is 10.3. The Morgan fingerprint density at radius 3 is 2.50 bits per heavy atom. The maximum absolute atomic E-state index is 12.7. The number of anilines is 2. The normalized spacial score (nSPS) is 13.7. The molecule has 8 heteroatoms. The summed E-state index contributed by atoms with van der Waals surface area (Å²) in [5.41, 5.74) is 3.71. The number of nitrogens with one attached hydrogen (secondary N) is 1. The van der Waals surface area contributed by atoms with E-state index in [1.807, 2.05) is 58.1 Å². The van der Waals surface area contributed by atoms with Gasteiger partial charge in [0.1, 0.15) is 5.65 Å². The van der Waals surface area contributed by atoms with E-state index in [0.29, 0.717) is 43.4 Å². The molecule has 4 aromatic rings. The van der Waals surface area contributed by atoms with Gasteiger partial charge in [-0.2, -0.15) is 10.2 Å². The average molecular weight is 424 g/mol. The van der Waals surface area contributed by atoms with Gasteiger partial charge in [0.05, 0.1) is 24.8 Å². The van der Waals surface area contributed by atoms with Crippen molar-refractivity contribution < 1.29 is 9.53 Å². The van der Waals surface area contributed by atoms with Crippen LogP contribution in [0.5, 0.6) is 0 Å². The van der Waals surface area contributed by atoms with E-state index in [-0.39, 0.29) is 5.91 Å². The van der Waals surface area contributed by atoms with Gasteiger partial charge in [0.2, 0.25) is 5.95 Å². The zero-order valence-electron chi connectivity index (χ0n) is 17.2. The quantitative estimate of drug-likeness (QED) is 0.539. The average Bonchev–Trinajstić information content (AvgIpc) is 3.28. The third-order valence-corrected chi connectivity index (χ3v) is 5.39. The molecule has 0 bridgehead atoms. The van der Waals surface area contributed by atoms with Gasteiger partial charge in [0.15, 0.2) is 0 Å². The Morgan fingerprint density at radius 1 is 1.03 bits per heavy atom. The summed E-state index contributed by atoms with van der Waals surface area (Å²) in [4.78, 5) is 23.5. The van der Waals surface area contributed by atoms with E-state index in [1.165, 1.54) is 0 Å². The van der Waals surface area contributed by atoms with Gasteiger partial charge >= 0.3 is 0 Å². The number of amides is 1. The summed E-state index contributed by atoms with van der Waals surface area (Å²) in [7, 11) is 0. The van der Waals surface area contributed by atoms with Gasteiger partial charge in [-0.1, -0.05) is 0 Å². The molecule has 1 amide bonds. The Kier molecular flexibility index (Phi) is 5.24. The largest absolute Gasteiger partial charge is 0.378 e. The fourth-order valence-electron chi connectivity index (χ4n) is 3.66. The second-order valence-corrected chi connectivity index (χ2v) is 7.42. The molecule has 0 spiro atoms. The summed E-state index contributed by atoms with van der Waals surface area (Å²) in [5.74, 6) is 0.481. The zero-order chi connectivity index (χ0) is 21.9. The van der Waals surface area contributed by atoms with Crippen LogP contribution < -0.4 is 5.32 Å². The second kappa shape index (κ2) is 8.49. The van der Waals surface area contributed by atoms with E-state index in [4.69, 9.17) is 10.00 Å². The molecule has 1 aliphatic rings. The number of carbonyl (C=O) groups is 1. The monoisotopic (exact) mass is 424 g/mol. The van der Waals surface area contributed by atoms with Crippen LogP contribution in [0.25, 0.3) is 16.7 Å². The summed E-state index contributed by atoms with van der Waals surface area (Å²) in [6.07, 6.45) is 3.70. The van der Waals surface area contributed by atoms with Crippen molar-refractivity contribution >= 4 is 28.6 Å². The Bertz CT molecular complexity index is 1300. The van der Waals surface area contributed by atoms with Crippen LogP contribution in [-0.4, -0.2) is 51.6 Å². The second-order valence-electron chi connectivity index (χ2n) is 7.42. The Labute approximate surface area is 184 Å². The molecule has 2 aromatic heterocycles. The van der Waals surface area contributed by atoms with Gasteiger partial charge in [-0.3, -0.25) is 4.79 Å². The summed E-state index contributed by atoms with van der Waals surface area (Å²) in [5, 5.41) is 13.0. The van der Waals surface area contributed by atoms with Gasteiger partial charge in [0.25, 0.3) is 5.91 Å². The van der Waals surface area contributed by atoms with Gasteiger partial charge in [-0.25, -0.2) is 4.98 Å². The highest BCUT2D eigenvalue weighted by atomic mass is 16.5. The van der Waals surface area contributed by atoms with Crippen molar-refractivity contribution in [1.82, 2.24) is 19.4 Å². The number of rotatable bonds is 4. The first kappa shape index (κ1) is 19.7. The van der Waals surface area contributed by atoms with Crippen molar-refractivity contribution in [3.05, 3.63) is 78.1 Å². The number of hydrogen-bond acceptors (Lipinski definition) is 6. The van der Waals surface area contributed by atoms with Crippen LogP contribution >= 0.6 is 0 Å². The fourth-order valence-corrected chi connectivity index (χ4v) is 3.66. The van der Waals surface area contributed by atoms with E-state index in [2.05, 4.69) is 21.4 Å². The van der Waals surface area contributed by atoms with E-state index in [0.717, 1.165) is 22.4 Å². The predicted octanol–water partition coefficient (Wildman–Crippen LogP) is 3.51. The molecular formula is C24H20N6O2. The molecule has 0 radical (unpaired) electrons. The molecule has 0 unspecified atom stereocenters. The highest BCUT2D eigenvalue weighted by Gasteiger charge is 2.18. The lowest BCUT2D eigenvalue weighted by Gasteiger charge is -2.26. The Hall–Kier alpha value is -4.22. The lowest BCUT2D eigenvalue weighted by Crippen LogP contribution is -2.40. The third kappa shape index (κ3) is 3.89. The number of carbonyl (C=O) groups excluding carboxylic acids is 1. The number of ether oxygens (including phenoxy) is 1. The Morgan fingerprint density at radius 2 is 1.78 bits per heavy atom. The topological polar surface area (TPSA) is 96.1 Å². The molecule has 158 valence electrons. The number of aromatic nitrogens is 3. The van der Waals surface area contributed by atoms with Crippen molar-refractivity contribution in [2.75, 3.05) is 31.6 Å². The molecule has 0 aliphatic carbocycles. The van der Waals surface area contributed by atoms with Crippen LogP contribution in [0.2, 0.25) is 0 Å². The maximum atomic E-state index is 12.7. The van der Waals surface area contributed by atoms with Gasteiger partial charge in [0, 0.05) is 47.8 Å². The van der Waals surface area contributed by atoms with E-state index in [1.54, 1.807) is 18.3 Å². The van der Waals surface area contributed by atoms with Crippen LogP contribution in [-0.2, 0) is 4.74 Å². The first-order chi connectivity index (χ1) is 15.7. The summed E-state index contributed by atoms with van der Waals surface area (Å²) in [6, 6.07) is 18.7. The van der Waals surface area contributed by atoms with Crippen molar-refractivity contribution in [1.29, 1.82) is 5.26 Å². The summed E-state index contributed by atoms with van der Waals surface area (Å²) >= 11 is 0. The lowest BCUT2D eigenvalue weighted by molar-refractivity contribution is 0.0303. The maximum Gasteiger partial charge on any atom is 0.254 e. The highest BCUT2D eigenvalue weighted by molar-refractivity contribution is 5.94. The molecule has 1 fully saturated rings. The van der Waals surface area contributed by atoms with Gasteiger partial charge < -0.3 is 19.5 Å². The molecule has 3 heterocycles. The minimum absolute atomic E-state index is 0.0217. The molecule has 1 saturated heterocycles. The molecule has 2 aromatic carbocycles. The van der Waals surface area contributed by atoms with E-state index in [9.17, 15) is 4.79 Å². The number of nitrogens with zero attached hydrogens (tertiary/aromatic N) is 5. The molecular weight excluding hydrogens is 404 g/mol. The van der Waals surface area contributed by atoms with Crippen LogP contribution in [0.3, 0.4) is 0 Å². The first-order valence-electron chi connectivity index (χ1n) is 10.3. The smallest absolute Gasteiger partial charge is 0.254 e. The molecule has 0 atom stereocenters. The van der Waals surface area contributed by atoms with Crippen molar-refractivity contribution in [3.63, 3.8) is 0 Å². The van der Waals surface area contributed by atoms with Crippen molar-refractivity contribution in [3.8, 4) is 11.8 Å². The molecule has 0 saturated carbocycles. The number of hydrogen-bond donors (Lipinski definition) is 1. The Balaban J connectivity index is 1.39. The van der Waals surface area contributed by atoms with Gasteiger partial charge in [-0.15, -0.1) is 0 Å². The van der Waals surface area contributed by atoms with Crippen LogP contribution in [0.15, 0.2) is 67.0 Å². The molecule has 1 N–H and O–H groups in total. The predicted molar refractivity (Wildman–Crippen MR) is 120 cm³/mol. The van der Waals surface area contributed by atoms with E-state index < -0.39 is 0 Å². The standard InChI is InChI=1S/C24H20N6O2/c25-15-17-1-5-20(6-2-17)27-24-26-16-19-9-10-30(22(19)28-24)21-7-3-18(4-8-21)23(31)29-11-13-32-14-12-29/h1-10,16H,11-14H2,(H,26,27,28). The van der Waals surface area contributed by atoms with Crippen molar-refractivity contribution in [2.45, 2.75) is 0 Å². The van der Waals surface area contributed by atoms with E-state index >= 15 is 0 Å². The van der Waals surface area contributed by atoms with Crippen LogP contribution in [0.1, 0.15) is 15.9 Å². The zero-order valence-corrected chi connectivity index (χ0v) is 17.2. The summed E-state index contributed by atoms with van der Waals surface area (Å²) < 4.78 is 7.29. The number of fused-ring (bicyclic) bond motifs is 1. The molecule has 5 rings (SSSR count). The SMILES string of the molecule is N#Cc1ccc(Nc2ncc3ccn(-c4ccc(C(=O)N5CCOCC5)cc4)c3n2)cc1. The molecule has 8 nitrogen and oxygen atoms in total. The number of benzene rings is 2. The minimum Gasteiger partial charge on any atom is -0.378 e. The number of morpholine rings is 1. The lowest BCUT2D eigenvalue weighted by atomic mass is 10.1. The molecule has 1 aliphatic heterocycles. The summed E-state index contributed by atoms with van der Waals surface area (Å²) in [6.45, 7) is 2.40. The van der Waals surface area contributed by atoms with Crippen molar-refractivity contribution in [2.24, 2.45) is 0 Å². The number of nitriles is 1. The minimum atomic E-state index is 0.0217. The highest BCUT2D eigenvalue weighted by Crippen LogP contribution is 2.22. The third-order valence-electron chi connectivity index (χ3n) is 5.39. The van der Waals surface area contributed by atoms with Crippen LogP contribution in [0.4, 0.5) is 11.6 Å². The fraction of sp³-hybridized carbons (Fsp3) is 0.167. The molecule has 32 heavy (non-hydrogen) atoms. The van der Waals surface area contributed by atoms with Crippen LogP contribution in [0, 0.1) is 11.3 Å².